The van der Waals surface area contributed by atoms with Crippen molar-refractivity contribution in [3.05, 3.63) is 112 Å². The molecule has 4 atom stereocenters. The van der Waals surface area contributed by atoms with Gasteiger partial charge in [-0.25, -0.2) is 24.2 Å². The van der Waals surface area contributed by atoms with Gasteiger partial charge < -0.3 is 44.0 Å². The Morgan fingerprint density at radius 2 is 1.10 bits per heavy atom. The fourth-order valence-corrected chi connectivity index (χ4v) is 13.7. The van der Waals surface area contributed by atoms with Crippen molar-refractivity contribution in [1.29, 1.82) is 0 Å². The second-order valence-corrected chi connectivity index (χ2v) is 43.4. The Balaban J connectivity index is 0.000000537. The van der Waals surface area contributed by atoms with Crippen LogP contribution in [0.15, 0.2) is 90.0 Å². The second-order valence-electron chi connectivity index (χ2n) is 28.9. The second kappa shape index (κ2) is 47.6. The van der Waals surface area contributed by atoms with Crippen molar-refractivity contribution >= 4 is 109 Å². The van der Waals surface area contributed by atoms with Crippen LogP contribution in [0, 0.1) is 0 Å². The van der Waals surface area contributed by atoms with Gasteiger partial charge in [0.25, 0.3) is 11.8 Å². The predicted octanol–water partition coefficient (Wildman–Crippen LogP) is 16.4. The predicted molar refractivity (Wildman–Crippen MR) is 417 cm³/mol. The van der Waals surface area contributed by atoms with E-state index in [0.29, 0.717) is 48.8 Å². The minimum atomic E-state index is -1.43. The lowest BCUT2D eigenvalue weighted by Crippen LogP contribution is -2.45. The maximum atomic E-state index is 13.4. The first kappa shape index (κ1) is 90.3. The highest BCUT2D eigenvalue weighted by Crippen LogP contribution is 2.44. The lowest BCUT2D eigenvalue weighted by molar-refractivity contribution is -0.159. The number of likely N-dealkylation sites (N-methyl/N-ethyl adjacent to an activating group) is 2. The summed E-state index contributed by atoms with van der Waals surface area (Å²) in [6.07, 6.45) is 18.1. The van der Waals surface area contributed by atoms with Gasteiger partial charge in [-0.05, 0) is 114 Å². The summed E-state index contributed by atoms with van der Waals surface area (Å²) in [5, 5.41) is 7.42. The first-order chi connectivity index (χ1) is 48.7. The third-order valence-corrected chi connectivity index (χ3v) is 22.6. The molecule has 0 unspecified atom stereocenters. The monoisotopic (exact) mass is 1520 g/mol. The van der Waals surface area contributed by atoms with Crippen LogP contribution < -0.4 is 10.6 Å². The number of nitrogens with zero attached hydrogens (tertiary/aromatic N) is 3. The summed E-state index contributed by atoms with van der Waals surface area (Å²) in [7, 11) is 0.0786. The molecule has 21 nitrogen and oxygen atoms in total. The zero-order valence-corrected chi connectivity index (χ0v) is 68.5. The van der Waals surface area contributed by atoms with Gasteiger partial charge in [0.2, 0.25) is 0 Å². The zero-order chi connectivity index (χ0) is 76.7. The minimum Gasteiger partial charge on any atom is -0.466 e. The highest BCUT2D eigenvalue weighted by molar-refractivity contribution is 8.13. The Kier molecular flexibility index (Phi) is 41.7. The summed E-state index contributed by atoms with van der Waals surface area (Å²) in [6, 6.07) is 15.8. The van der Waals surface area contributed by atoms with Crippen LogP contribution in [-0.4, -0.2) is 164 Å². The summed E-state index contributed by atoms with van der Waals surface area (Å²) in [4.78, 5) is 135. The molecule has 1 aromatic heterocycles. The Hall–Kier alpha value is -6.88. The third kappa shape index (κ3) is 37.1. The Bertz CT molecular complexity index is 3260. The summed E-state index contributed by atoms with van der Waals surface area (Å²) in [5.41, 5.74) is 3.75. The lowest BCUT2D eigenvalue weighted by atomic mass is 9.98. The molecule has 0 aliphatic heterocycles. The molecule has 4 amide bonds. The number of alkyl carbamates (subject to hydrolysis) is 1. The molecule has 103 heavy (non-hydrogen) atoms. The summed E-state index contributed by atoms with van der Waals surface area (Å²) in [6.45, 7) is 28.1. The molecule has 0 bridgehead atoms. The van der Waals surface area contributed by atoms with Gasteiger partial charge >= 0.3 is 36.1 Å². The van der Waals surface area contributed by atoms with Crippen LogP contribution in [0.4, 0.5) is 9.59 Å². The maximum Gasteiger partial charge on any atom is 0.410 e. The SMILES string of the molecule is C/C=C(\NC(=O)c1csc(CNC(=O)OC(C)(C)C)n1)C(=O)N(C)[C@@H](C)C(=O)O[C@H](/C=C/CCSC(=O)CCCCCCC)CC(=O)OCC[Si](C)(C)C.CCCCCCCC(=O)SCC/C=C/[C@H](CC(=O)OCC[Si](C)(C)C)OC(=O)[C@H](C)N(C)C(=O)OCC1c2ccccc2-c2ccccc21. The molecular weight excluding hydrogens is 1400 g/mol. The molecular formula is C77H117N5O16S3Si2. The van der Waals surface area contributed by atoms with Crippen molar-refractivity contribution < 1.29 is 76.4 Å². The lowest BCUT2D eigenvalue weighted by Gasteiger charge is -2.26. The molecule has 0 fully saturated rings. The number of nitrogens with one attached hydrogen (secondary N) is 2. The topological polar surface area (TPSA) is 270 Å². The Morgan fingerprint density at radius 1 is 0.641 bits per heavy atom. The first-order valence-electron chi connectivity index (χ1n) is 36.3. The largest absolute Gasteiger partial charge is 0.466 e. The number of fused-ring (bicyclic) bond motifs is 3. The molecule has 1 heterocycles. The molecule has 1 aliphatic carbocycles. The molecule has 2 aromatic carbocycles. The number of unbranched alkanes of at least 4 members (excludes halogenated alkanes) is 8. The standard InChI is InChI=1S/C39H55NO7SSi.C38H62N4O9S2Si/c1-7-8-9-10-11-23-37(42)48-25-17-16-18-30(27-36(41)45-24-26-49(4,5)6)47-38(43)29(2)40(3)39(44)46-28-35-33-21-14-12-19-31(33)32-20-13-15-22-34(32)35;1-11-13-14-15-16-20-33(44)52-22-18-17-19-28(24-32(43)49-21-23-54(8,9)10)50-36(47)27(3)42(7)35(46)29(12-2)41-34(45)30-26-53-31(40-30)25-39-37(48)51-38(4,5)6/h12-16,18-22,29-30,35H,7-11,17,23-28H2,1-6H3;12,17,19,26-28H,11,13-16,18,20-25H2,1-10H3,(H,39,48)(H,41,45)/b18-16+;19-17+,29-12-/t29-,30+;27-,28+/m00/s1. The number of thiazole rings is 1. The van der Waals surface area contributed by atoms with E-state index in [2.05, 4.69) is 80.9 Å². The van der Waals surface area contributed by atoms with E-state index in [1.807, 2.05) is 42.5 Å². The number of carbonyl (C=O) groups is 10. The smallest absolute Gasteiger partial charge is 0.410 e. The number of hydrogen-bond donors (Lipinski definition) is 2. The van der Waals surface area contributed by atoms with E-state index in [-0.39, 0.29) is 60.1 Å². The van der Waals surface area contributed by atoms with Crippen molar-refractivity contribution in [2.75, 3.05) is 45.4 Å². The van der Waals surface area contributed by atoms with Crippen molar-refractivity contribution in [3.8, 4) is 11.1 Å². The average Bonchev–Trinajstić information content (AvgIpc) is 1.62. The van der Waals surface area contributed by atoms with Crippen molar-refractivity contribution in [2.45, 2.75) is 252 Å². The Morgan fingerprint density at radius 3 is 1.54 bits per heavy atom. The summed E-state index contributed by atoms with van der Waals surface area (Å²) >= 11 is 3.73. The number of benzene rings is 2. The van der Waals surface area contributed by atoms with Gasteiger partial charge in [0.15, 0.2) is 10.2 Å². The van der Waals surface area contributed by atoms with Gasteiger partial charge in [0.05, 0.1) is 32.6 Å². The van der Waals surface area contributed by atoms with Crippen molar-refractivity contribution in [2.24, 2.45) is 0 Å². The van der Waals surface area contributed by atoms with E-state index >= 15 is 0 Å². The molecule has 0 saturated carbocycles. The summed E-state index contributed by atoms with van der Waals surface area (Å²) in [5.74, 6) is -2.62. The fraction of sp³-hybridized carbons (Fsp3) is 0.597. The number of allylic oxidation sites excluding steroid dienone is 3. The van der Waals surface area contributed by atoms with E-state index in [0.717, 1.165) is 95.5 Å². The molecule has 0 saturated heterocycles. The number of amides is 4. The molecule has 572 valence electrons. The van der Waals surface area contributed by atoms with Crippen LogP contribution in [0.5, 0.6) is 0 Å². The van der Waals surface area contributed by atoms with Gasteiger partial charge in [-0.15, -0.1) is 11.3 Å². The van der Waals surface area contributed by atoms with Crippen molar-refractivity contribution in [1.82, 2.24) is 25.4 Å². The number of rotatable bonds is 43. The van der Waals surface area contributed by atoms with Gasteiger partial charge in [0.1, 0.15) is 52.9 Å². The van der Waals surface area contributed by atoms with E-state index in [4.69, 9.17) is 28.4 Å². The highest BCUT2D eigenvalue weighted by atomic mass is 32.2. The molecule has 26 heteroatoms. The third-order valence-electron chi connectivity index (χ3n) is 16.4. The van der Waals surface area contributed by atoms with Gasteiger partial charge in [-0.3, -0.25) is 33.7 Å². The van der Waals surface area contributed by atoms with Crippen LogP contribution in [0.3, 0.4) is 0 Å². The van der Waals surface area contributed by atoms with E-state index in [1.54, 1.807) is 52.8 Å². The zero-order valence-electron chi connectivity index (χ0n) is 64.0. The van der Waals surface area contributed by atoms with E-state index in [9.17, 15) is 47.9 Å². The fourth-order valence-electron chi connectivity index (χ4n) is 9.98. The number of hydrogen-bond acceptors (Lipinski definition) is 20. The quantitative estimate of drug-likeness (QED) is 0.0133. The van der Waals surface area contributed by atoms with Crippen molar-refractivity contribution in [3.63, 3.8) is 0 Å². The molecule has 0 radical (unpaired) electrons. The van der Waals surface area contributed by atoms with Crippen LogP contribution in [0.1, 0.15) is 191 Å². The normalized spacial score (nSPS) is 13.5. The summed E-state index contributed by atoms with van der Waals surface area (Å²) < 4.78 is 33.3. The minimum absolute atomic E-state index is 0.0415. The molecule has 2 N–H and O–H groups in total. The maximum absolute atomic E-state index is 13.4. The van der Waals surface area contributed by atoms with Crippen LogP contribution in [0.2, 0.25) is 51.4 Å². The van der Waals surface area contributed by atoms with Crippen LogP contribution >= 0.6 is 34.9 Å². The van der Waals surface area contributed by atoms with Crippen LogP contribution in [-0.2, 0) is 68.5 Å². The first-order valence-corrected chi connectivity index (χ1v) is 46.5. The van der Waals surface area contributed by atoms with E-state index < -0.39 is 93.9 Å². The van der Waals surface area contributed by atoms with Gasteiger partial charge in [-0.1, -0.05) is 195 Å². The van der Waals surface area contributed by atoms with E-state index in [1.165, 1.54) is 80.2 Å². The molecule has 4 rings (SSSR count). The number of esters is 4. The molecule has 1 aliphatic rings. The van der Waals surface area contributed by atoms with Crippen LogP contribution in [0.25, 0.3) is 11.1 Å². The number of aromatic nitrogens is 1. The molecule has 0 spiro atoms. The average molecular weight is 1520 g/mol. The highest BCUT2D eigenvalue weighted by Gasteiger charge is 2.34. The van der Waals surface area contributed by atoms with Gasteiger partial charge in [-0.2, -0.15) is 0 Å². The Labute approximate surface area is 627 Å². The van der Waals surface area contributed by atoms with Gasteiger partial charge in [0, 0.05) is 65.9 Å². The number of thioether (sulfide) groups is 2. The molecule has 3 aromatic rings. The number of carbonyl (C=O) groups excluding carboxylic acids is 10. The number of ether oxygens (including phenoxy) is 6.